The van der Waals surface area contributed by atoms with Gasteiger partial charge in [-0.25, -0.2) is 4.98 Å². The van der Waals surface area contributed by atoms with Crippen LogP contribution < -0.4 is 10.5 Å². The molecule has 0 fully saturated rings. The van der Waals surface area contributed by atoms with Crippen LogP contribution in [0.4, 0.5) is 0 Å². The summed E-state index contributed by atoms with van der Waals surface area (Å²) in [7, 11) is 1.67. The Morgan fingerprint density at radius 1 is 1.18 bits per heavy atom. The maximum atomic E-state index is 6.27. The highest BCUT2D eigenvalue weighted by Gasteiger charge is 2.16. The zero-order valence-electron chi connectivity index (χ0n) is 13.0. The molecule has 3 rings (SSSR count). The number of benzene rings is 2. The zero-order valence-corrected chi connectivity index (χ0v) is 13.0. The van der Waals surface area contributed by atoms with Gasteiger partial charge in [-0.05, 0) is 24.1 Å². The van der Waals surface area contributed by atoms with Crippen LogP contribution in [-0.2, 0) is 6.54 Å². The number of aromatic nitrogens is 2. The number of nitrogens with zero attached hydrogens (tertiary/aromatic N) is 2. The molecule has 1 atom stereocenters. The minimum atomic E-state index is -0.0675. The molecule has 22 heavy (non-hydrogen) atoms. The van der Waals surface area contributed by atoms with Gasteiger partial charge in [0.1, 0.15) is 11.6 Å². The van der Waals surface area contributed by atoms with Gasteiger partial charge in [0.2, 0.25) is 0 Å². The summed E-state index contributed by atoms with van der Waals surface area (Å²) in [4.78, 5) is 4.75. The average Bonchev–Trinajstić information content (AvgIpc) is 2.92. The molecule has 3 aromatic rings. The second-order valence-corrected chi connectivity index (χ2v) is 5.41. The van der Waals surface area contributed by atoms with Gasteiger partial charge >= 0.3 is 0 Å². The number of fused-ring (bicyclic) bond motifs is 1. The quantitative estimate of drug-likeness (QED) is 0.783. The molecule has 1 unspecified atom stereocenters. The number of methoxy groups -OCH3 is 1. The molecule has 0 amide bonds. The second-order valence-electron chi connectivity index (χ2n) is 5.41. The molecule has 4 heteroatoms. The van der Waals surface area contributed by atoms with E-state index in [4.69, 9.17) is 15.5 Å². The molecule has 2 N–H and O–H groups in total. The highest BCUT2D eigenvalue weighted by atomic mass is 16.5. The molecular formula is C18H21N3O. The summed E-state index contributed by atoms with van der Waals surface area (Å²) in [6.45, 7) is 2.85. The van der Waals surface area contributed by atoms with Crippen molar-refractivity contribution in [2.24, 2.45) is 5.73 Å². The lowest BCUT2D eigenvalue weighted by Crippen LogP contribution is -2.16. The maximum absolute atomic E-state index is 6.27. The predicted molar refractivity (Wildman–Crippen MR) is 89.0 cm³/mol. The van der Waals surface area contributed by atoms with Gasteiger partial charge < -0.3 is 15.0 Å². The molecule has 0 aliphatic rings. The van der Waals surface area contributed by atoms with Gasteiger partial charge in [0, 0.05) is 12.6 Å². The molecule has 0 aliphatic carbocycles. The zero-order chi connectivity index (χ0) is 15.5. The highest BCUT2D eigenvalue weighted by Crippen LogP contribution is 2.26. The summed E-state index contributed by atoms with van der Waals surface area (Å²) in [5.41, 5.74) is 9.52. The second kappa shape index (κ2) is 6.20. The van der Waals surface area contributed by atoms with Gasteiger partial charge in [-0.1, -0.05) is 37.3 Å². The van der Waals surface area contributed by atoms with Crippen LogP contribution >= 0.6 is 0 Å². The Labute approximate surface area is 130 Å². The van der Waals surface area contributed by atoms with Gasteiger partial charge in [-0.15, -0.1) is 0 Å². The Bertz CT molecular complexity index is 765. The summed E-state index contributed by atoms with van der Waals surface area (Å²) in [5, 5.41) is 0. The summed E-state index contributed by atoms with van der Waals surface area (Å²) in [5.74, 6) is 1.74. The van der Waals surface area contributed by atoms with Crippen molar-refractivity contribution < 1.29 is 4.74 Å². The van der Waals surface area contributed by atoms with E-state index in [0.29, 0.717) is 0 Å². The lowest BCUT2D eigenvalue weighted by Gasteiger charge is -2.13. The van der Waals surface area contributed by atoms with Gasteiger partial charge in [0.15, 0.2) is 0 Å². The van der Waals surface area contributed by atoms with Gasteiger partial charge in [-0.3, -0.25) is 0 Å². The van der Waals surface area contributed by atoms with E-state index in [1.807, 2.05) is 18.2 Å². The van der Waals surface area contributed by atoms with Crippen LogP contribution in [0.2, 0.25) is 0 Å². The lowest BCUT2D eigenvalue weighted by molar-refractivity contribution is 0.415. The van der Waals surface area contributed by atoms with Crippen molar-refractivity contribution in [3.05, 3.63) is 59.9 Å². The first-order valence-electron chi connectivity index (χ1n) is 7.56. The molecule has 0 saturated carbocycles. The third-order valence-corrected chi connectivity index (χ3v) is 3.94. The number of ether oxygens (including phenoxy) is 1. The highest BCUT2D eigenvalue weighted by molar-refractivity contribution is 5.78. The number of nitrogens with two attached hydrogens (primary N) is 1. The molecule has 0 aliphatic heterocycles. The minimum absolute atomic E-state index is 0.0675. The molecule has 0 radical (unpaired) electrons. The van der Waals surface area contributed by atoms with Crippen LogP contribution in [-0.4, -0.2) is 16.7 Å². The molecule has 4 nitrogen and oxygen atoms in total. The summed E-state index contributed by atoms with van der Waals surface area (Å²) >= 11 is 0. The number of hydrogen-bond donors (Lipinski definition) is 1. The standard InChI is InChI=1S/C18H21N3O/c1-3-15(19)18-20-16-11-14(22-2)9-10-17(16)21(18)12-13-7-5-4-6-8-13/h4-11,15H,3,12,19H2,1-2H3. The molecular weight excluding hydrogens is 274 g/mol. The SMILES string of the molecule is CCC(N)c1nc2cc(OC)ccc2n1Cc1ccccc1. The van der Waals surface area contributed by atoms with E-state index < -0.39 is 0 Å². The third-order valence-electron chi connectivity index (χ3n) is 3.94. The first-order chi connectivity index (χ1) is 10.7. The van der Waals surface area contributed by atoms with Crippen LogP contribution in [0.5, 0.6) is 5.75 Å². The van der Waals surface area contributed by atoms with Crippen molar-refractivity contribution in [2.75, 3.05) is 7.11 Å². The van der Waals surface area contributed by atoms with E-state index in [0.717, 1.165) is 35.6 Å². The van der Waals surface area contributed by atoms with E-state index in [2.05, 4.69) is 41.8 Å². The average molecular weight is 295 g/mol. The van der Waals surface area contributed by atoms with Crippen LogP contribution in [0.25, 0.3) is 11.0 Å². The van der Waals surface area contributed by atoms with Crippen molar-refractivity contribution in [1.29, 1.82) is 0 Å². The van der Waals surface area contributed by atoms with Gasteiger partial charge in [0.25, 0.3) is 0 Å². The third kappa shape index (κ3) is 2.70. The van der Waals surface area contributed by atoms with E-state index in [1.54, 1.807) is 7.11 Å². The van der Waals surface area contributed by atoms with Gasteiger partial charge in [0.05, 0.1) is 24.2 Å². The molecule has 2 aromatic carbocycles. The Morgan fingerprint density at radius 2 is 1.95 bits per heavy atom. The number of hydrogen-bond acceptors (Lipinski definition) is 3. The van der Waals surface area contributed by atoms with Crippen molar-refractivity contribution in [3.63, 3.8) is 0 Å². The monoisotopic (exact) mass is 295 g/mol. The number of rotatable bonds is 5. The maximum Gasteiger partial charge on any atom is 0.127 e. The summed E-state index contributed by atoms with van der Waals surface area (Å²) in [6, 6.07) is 16.3. The molecule has 114 valence electrons. The normalized spacial score (nSPS) is 12.5. The van der Waals surface area contributed by atoms with Crippen molar-refractivity contribution >= 4 is 11.0 Å². The van der Waals surface area contributed by atoms with Crippen LogP contribution in [0.15, 0.2) is 48.5 Å². The molecule has 0 spiro atoms. The van der Waals surface area contributed by atoms with E-state index >= 15 is 0 Å². The Kier molecular flexibility index (Phi) is 4.11. The summed E-state index contributed by atoms with van der Waals surface area (Å²) < 4.78 is 7.50. The Hall–Kier alpha value is -2.33. The first-order valence-corrected chi connectivity index (χ1v) is 7.56. The minimum Gasteiger partial charge on any atom is -0.497 e. The fourth-order valence-electron chi connectivity index (χ4n) is 2.65. The van der Waals surface area contributed by atoms with Crippen LogP contribution in [0.3, 0.4) is 0 Å². The number of imidazole rings is 1. The topological polar surface area (TPSA) is 53.1 Å². The van der Waals surface area contributed by atoms with E-state index in [-0.39, 0.29) is 6.04 Å². The summed E-state index contributed by atoms with van der Waals surface area (Å²) in [6.07, 6.45) is 0.856. The predicted octanol–water partition coefficient (Wildman–Crippen LogP) is 3.50. The Balaban J connectivity index is 2.12. The van der Waals surface area contributed by atoms with Crippen LogP contribution in [0, 0.1) is 0 Å². The molecule has 0 saturated heterocycles. The van der Waals surface area contributed by atoms with Crippen molar-refractivity contribution in [3.8, 4) is 5.75 Å². The van der Waals surface area contributed by atoms with Crippen molar-refractivity contribution in [2.45, 2.75) is 25.9 Å². The fraction of sp³-hybridized carbons (Fsp3) is 0.278. The van der Waals surface area contributed by atoms with Crippen molar-refractivity contribution in [1.82, 2.24) is 9.55 Å². The lowest BCUT2D eigenvalue weighted by atomic mass is 10.2. The largest absolute Gasteiger partial charge is 0.497 e. The smallest absolute Gasteiger partial charge is 0.127 e. The molecule has 1 aromatic heterocycles. The Morgan fingerprint density at radius 3 is 2.64 bits per heavy atom. The van der Waals surface area contributed by atoms with Crippen LogP contribution in [0.1, 0.15) is 30.8 Å². The van der Waals surface area contributed by atoms with Gasteiger partial charge in [-0.2, -0.15) is 0 Å². The first kappa shape index (κ1) is 14.6. The molecule has 0 bridgehead atoms. The fourth-order valence-corrected chi connectivity index (χ4v) is 2.65. The van der Waals surface area contributed by atoms with E-state index in [1.165, 1.54) is 5.56 Å². The van der Waals surface area contributed by atoms with E-state index in [9.17, 15) is 0 Å². The molecule has 1 heterocycles.